The number of hydrogen-bond donors (Lipinski definition) is 3. The maximum Gasteiger partial charge on any atom is 0.320 e. The molecule has 0 saturated heterocycles. The molecule has 2 atom stereocenters. The third kappa shape index (κ3) is 5.98. The van der Waals surface area contributed by atoms with Crippen molar-refractivity contribution in [1.82, 2.24) is 0 Å². The number of halogens is 1. The van der Waals surface area contributed by atoms with E-state index in [4.69, 9.17) is 10.8 Å². The number of aryl methyl sites for hydroxylation is 2. The molecule has 0 bridgehead atoms. The maximum atomic E-state index is 12.1. The Labute approximate surface area is 135 Å². The van der Waals surface area contributed by atoms with E-state index in [1.54, 1.807) is 0 Å². The summed E-state index contributed by atoms with van der Waals surface area (Å²) in [5.74, 6) is -2.25. The van der Waals surface area contributed by atoms with E-state index in [1.807, 2.05) is 24.3 Å². The molecule has 0 aliphatic carbocycles. The zero-order chi connectivity index (χ0) is 17.5. The van der Waals surface area contributed by atoms with Crippen LogP contribution < -0.4 is 5.73 Å². The van der Waals surface area contributed by atoms with Gasteiger partial charge < -0.3 is 15.9 Å². The van der Waals surface area contributed by atoms with Crippen LogP contribution >= 0.6 is 0 Å². The molecule has 1 rings (SSSR count). The second kappa shape index (κ2) is 8.62. The van der Waals surface area contributed by atoms with E-state index in [-0.39, 0.29) is 13.1 Å². The van der Waals surface area contributed by atoms with Crippen molar-refractivity contribution in [1.29, 1.82) is 0 Å². The Kier molecular flexibility index (Phi) is 7.16. The summed E-state index contributed by atoms with van der Waals surface area (Å²) in [6.07, 6.45) is 1.86. The normalized spacial score (nSPS) is 14.9. The molecule has 0 heterocycles. The number of nitrogens with two attached hydrogens (primary N) is 1. The number of carboxylic acid groups (broad SMARTS) is 2. The lowest BCUT2D eigenvalue weighted by Gasteiger charge is -2.26. The van der Waals surface area contributed by atoms with E-state index < -0.39 is 23.4 Å². The van der Waals surface area contributed by atoms with Gasteiger partial charge in [0.1, 0.15) is 6.04 Å². The van der Waals surface area contributed by atoms with Crippen LogP contribution in [-0.4, -0.2) is 34.9 Å². The van der Waals surface area contributed by atoms with Gasteiger partial charge in [-0.25, -0.2) is 0 Å². The van der Waals surface area contributed by atoms with Gasteiger partial charge in [-0.2, -0.15) is 0 Å². The molecule has 0 saturated carbocycles. The van der Waals surface area contributed by atoms with Crippen molar-refractivity contribution in [2.75, 3.05) is 6.67 Å². The van der Waals surface area contributed by atoms with Gasteiger partial charge in [0.15, 0.2) is 0 Å². The quantitative estimate of drug-likeness (QED) is 0.613. The molecule has 4 N–H and O–H groups in total. The topological polar surface area (TPSA) is 101 Å². The van der Waals surface area contributed by atoms with Gasteiger partial charge in [-0.05, 0) is 50.2 Å². The zero-order valence-electron chi connectivity index (χ0n) is 13.3. The molecule has 23 heavy (non-hydrogen) atoms. The molecule has 0 aliphatic heterocycles. The molecule has 1 aromatic rings. The number of alkyl halides is 1. The molecule has 5 nitrogen and oxygen atoms in total. The lowest BCUT2D eigenvalue weighted by atomic mass is 9.78. The lowest BCUT2D eigenvalue weighted by Crippen LogP contribution is -2.40. The molecule has 6 heteroatoms. The molecule has 0 spiro atoms. The maximum absolute atomic E-state index is 12.1. The van der Waals surface area contributed by atoms with Crippen molar-refractivity contribution in [2.45, 2.75) is 45.1 Å². The number of carboxylic acids is 2. The third-order valence-electron chi connectivity index (χ3n) is 4.09. The second-order valence-electron chi connectivity index (χ2n) is 6.12. The largest absolute Gasteiger partial charge is 0.481 e. The van der Waals surface area contributed by atoms with Crippen molar-refractivity contribution in [3.63, 3.8) is 0 Å². The Morgan fingerprint density at radius 3 is 2.13 bits per heavy atom. The van der Waals surface area contributed by atoms with Gasteiger partial charge >= 0.3 is 11.9 Å². The fraction of sp³-hybridized carbons (Fsp3) is 0.529. The van der Waals surface area contributed by atoms with Gasteiger partial charge in [0.05, 0.1) is 12.1 Å². The molecule has 0 radical (unpaired) electrons. The summed E-state index contributed by atoms with van der Waals surface area (Å²) in [6, 6.07) is 6.41. The van der Waals surface area contributed by atoms with Gasteiger partial charge in [-0.15, -0.1) is 0 Å². The van der Waals surface area contributed by atoms with Crippen LogP contribution in [0.1, 0.15) is 37.3 Å². The van der Waals surface area contributed by atoms with Crippen LogP contribution in [0.3, 0.4) is 0 Å². The number of aliphatic carboxylic acids is 2. The number of rotatable bonds is 10. The predicted octanol–water partition coefficient (Wildman–Crippen LogP) is 2.41. The van der Waals surface area contributed by atoms with Gasteiger partial charge in [-0.1, -0.05) is 24.3 Å². The van der Waals surface area contributed by atoms with Crippen LogP contribution in [-0.2, 0) is 22.4 Å². The fourth-order valence-corrected chi connectivity index (χ4v) is 2.43. The monoisotopic (exact) mass is 325 g/mol. The average molecular weight is 325 g/mol. The third-order valence-corrected chi connectivity index (χ3v) is 4.09. The minimum atomic E-state index is -1.20. The molecule has 1 unspecified atom stereocenters. The molecule has 0 aromatic heterocycles. The summed E-state index contributed by atoms with van der Waals surface area (Å²) in [5.41, 5.74) is 6.30. The van der Waals surface area contributed by atoms with Gasteiger partial charge in [0, 0.05) is 0 Å². The minimum absolute atomic E-state index is 0.119. The van der Waals surface area contributed by atoms with Crippen molar-refractivity contribution in [3.05, 3.63) is 35.4 Å². The van der Waals surface area contributed by atoms with E-state index in [0.29, 0.717) is 25.7 Å². The van der Waals surface area contributed by atoms with E-state index in [9.17, 15) is 19.1 Å². The summed E-state index contributed by atoms with van der Waals surface area (Å²) in [6.45, 7) is 1.18. The van der Waals surface area contributed by atoms with Crippen LogP contribution in [0.15, 0.2) is 24.3 Å². The highest BCUT2D eigenvalue weighted by Gasteiger charge is 2.36. The Morgan fingerprint density at radius 1 is 1.17 bits per heavy atom. The molecule has 0 aliphatic rings. The highest BCUT2D eigenvalue weighted by molar-refractivity contribution is 5.78. The SMILES string of the molecule is CC(CCc1ccc(CCCF)cc1)(C[C@H](N)C(=O)O)C(=O)O. The second-order valence-corrected chi connectivity index (χ2v) is 6.12. The highest BCUT2D eigenvalue weighted by Crippen LogP contribution is 2.29. The fourth-order valence-electron chi connectivity index (χ4n) is 2.43. The summed E-state index contributed by atoms with van der Waals surface area (Å²) < 4.78 is 12.1. The highest BCUT2D eigenvalue weighted by atomic mass is 19.1. The zero-order valence-corrected chi connectivity index (χ0v) is 13.3. The first-order valence-corrected chi connectivity index (χ1v) is 7.64. The first-order valence-electron chi connectivity index (χ1n) is 7.64. The van der Waals surface area contributed by atoms with Crippen molar-refractivity contribution < 1.29 is 24.2 Å². The Balaban J connectivity index is 2.68. The minimum Gasteiger partial charge on any atom is -0.481 e. The summed E-state index contributed by atoms with van der Waals surface area (Å²) in [7, 11) is 0. The van der Waals surface area contributed by atoms with E-state index in [1.165, 1.54) is 6.92 Å². The average Bonchev–Trinajstić information content (AvgIpc) is 2.51. The van der Waals surface area contributed by atoms with Crippen LogP contribution in [0.4, 0.5) is 4.39 Å². The number of carbonyl (C=O) groups is 2. The van der Waals surface area contributed by atoms with E-state index in [0.717, 1.165) is 11.1 Å². The molecule has 1 aromatic carbocycles. The van der Waals surface area contributed by atoms with Crippen LogP contribution in [0, 0.1) is 5.41 Å². The summed E-state index contributed by atoms with van der Waals surface area (Å²) in [5, 5.41) is 18.3. The Morgan fingerprint density at radius 2 is 1.70 bits per heavy atom. The standard InChI is InChI=1S/C17H24FNO4/c1-17(16(22)23,11-14(19)15(20)21)9-8-13-6-4-12(5-7-13)3-2-10-18/h4-7,14H,2-3,8-11,19H2,1H3,(H,20,21)(H,22,23)/t14-,17?/m0/s1. The van der Waals surface area contributed by atoms with Crippen LogP contribution in [0.5, 0.6) is 0 Å². The van der Waals surface area contributed by atoms with Crippen LogP contribution in [0.25, 0.3) is 0 Å². The number of hydrogen-bond acceptors (Lipinski definition) is 3. The first kappa shape index (κ1) is 19.1. The van der Waals surface area contributed by atoms with E-state index >= 15 is 0 Å². The molecular formula is C17H24FNO4. The predicted molar refractivity (Wildman–Crippen MR) is 85.0 cm³/mol. The van der Waals surface area contributed by atoms with Crippen molar-refractivity contribution in [3.8, 4) is 0 Å². The molecule has 0 amide bonds. The van der Waals surface area contributed by atoms with Gasteiger partial charge in [0.2, 0.25) is 0 Å². The van der Waals surface area contributed by atoms with Gasteiger partial charge in [-0.3, -0.25) is 14.0 Å². The first-order chi connectivity index (χ1) is 10.8. The van der Waals surface area contributed by atoms with Crippen molar-refractivity contribution in [2.24, 2.45) is 11.1 Å². The lowest BCUT2D eigenvalue weighted by molar-refractivity contribution is -0.150. The summed E-state index contributed by atoms with van der Waals surface area (Å²) >= 11 is 0. The number of benzene rings is 1. The van der Waals surface area contributed by atoms with E-state index in [2.05, 4.69) is 0 Å². The summed E-state index contributed by atoms with van der Waals surface area (Å²) in [4.78, 5) is 22.3. The Hall–Kier alpha value is -1.95. The molecule has 0 fully saturated rings. The Bertz CT molecular complexity index is 532. The molecule has 128 valence electrons. The smallest absolute Gasteiger partial charge is 0.320 e. The van der Waals surface area contributed by atoms with Gasteiger partial charge in [0.25, 0.3) is 0 Å². The molecular weight excluding hydrogens is 301 g/mol. The van der Waals surface area contributed by atoms with Crippen molar-refractivity contribution >= 4 is 11.9 Å². The van der Waals surface area contributed by atoms with Crippen LogP contribution in [0.2, 0.25) is 0 Å².